The average Bonchev–Trinajstić information content (AvgIpc) is 3.05. The highest BCUT2D eigenvalue weighted by Crippen LogP contribution is 2.43. The minimum Gasteiger partial charge on any atom is -0.503 e. The summed E-state index contributed by atoms with van der Waals surface area (Å²) >= 11 is 1.64. The summed E-state index contributed by atoms with van der Waals surface area (Å²) < 4.78 is 0. The number of thioether (sulfide) groups is 1. The van der Waals surface area contributed by atoms with Crippen molar-refractivity contribution in [3.8, 4) is 0 Å². The van der Waals surface area contributed by atoms with Gasteiger partial charge in [0.15, 0.2) is 5.76 Å². The largest absolute Gasteiger partial charge is 0.503 e. The van der Waals surface area contributed by atoms with E-state index >= 15 is 0 Å². The van der Waals surface area contributed by atoms with Crippen molar-refractivity contribution in [2.45, 2.75) is 24.4 Å². The number of carbonyl (C=O) groups excluding carboxylic acids is 1. The topological polar surface area (TPSA) is 77.8 Å². The van der Waals surface area contributed by atoms with Crippen LogP contribution in [0.2, 0.25) is 0 Å². The van der Waals surface area contributed by atoms with Crippen molar-refractivity contribution in [1.29, 1.82) is 0 Å². The molecular formula is C26H23NO4S. The fraction of sp³-hybridized carbons (Fsp3) is 0.154. The van der Waals surface area contributed by atoms with Gasteiger partial charge >= 0.3 is 5.97 Å². The Kier molecular flexibility index (Phi) is 6.06. The van der Waals surface area contributed by atoms with Crippen LogP contribution in [0.25, 0.3) is 5.57 Å². The molecule has 6 heteroatoms. The second-order valence-corrected chi connectivity index (χ2v) is 8.62. The van der Waals surface area contributed by atoms with Gasteiger partial charge in [-0.1, -0.05) is 54.1 Å². The highest BCUT2D eigenvalue weighted by Gasteiger charge is 2.41. The molecule has 4 rings (SSSR count). The number of carbonyl (C=O) groups is 2. The molecule has 0 saturated heterocycles. The zero-order valence-electron chi connectivity index (χ0n) is 17.8. The van der Waals surface area contributed by atoms with Crippen LogP contribution in [0.3, 0.4) is 0 Å². The molecule has 1 aliphatic rings. The Morgan fingerprint density at radius 2 is 1.59 bits per heavy atom. The molecule has 0 spiro atoms. The monoisotopic (exact) mass is 445 g/mol. The number of nitrogens with zero attached hydrogens (tertiary/aromatic N) is 1. The Labute approximate surface area is 191 Å². The van der Waals surface area contributed by atoms with Crippen molar-refractivity contribution in [2.24, 2.45) is 0 Å². The number of hydrogen-bond donors (Lipinski definition) is 2. The van der Waals surface area contributed by atoms with Gasteiger partial charge in [-0.15, -0.1) is 11.8 Å². The van der Waals surface area contributed by atoms with Crippen LogP contribution in [0.4, 0.5) is 0 Å². The van der Waals surface area contributed by atoms with Crippen LogP contribution in [0.1, 0.15) is 38.7 Å². The molecule has 3 aromatic rings. The predicted octanol–water partition coefficient (Wildman–Crippen LogP) is 5.47. The van der Waals surface area contributed by atoms with E-state index in [0.29, 0.717) is 12.1 Å². The van der Waals surface area contributed by atoms with Crippen molar-refractivity contribution in [1.82, 2.24) is 4.90 Å². The van der Waals surface area contributed by atoms with Gasteiger partial charge < -0.3 is 15.1 Å². The third-order valence-corrected chi connectivity index (χ3v) is 6.40. The number of benzene rings is 3. The molecule has 162 valence electrons. The third-order valence-electron chi connectivity index (χ3n) is 5.65. The Morgan fingerprint density at radius 3 is 2.16 bits per heavy atom. The normalized spacial score (nSPS) is 16.0. The van der Waals surface area contributed by atoms with Gasteiger partial charge in [0.2, 0.25) is 0 Å². The number of aliphatic hydroxyl groups is 1. The van der Waals surface area contributed by atoms with E-state index in [1.807, 2.05) is 61.7 Å². The molecule has 0 fully saturated rings. The molecule has 0 radical (unpaired) electrons. The average molecular weight is 446 g/mol. The maximum Gasteiger partial charge on any atom is 0.335 e. The van der Waals surface area contributed by atoms with Gasteiger partial charge in [-0.05, 0) is 54.1 Å². The quantitative estimate of drug-likeness (QED) is 0.492. The molecule has 1 atom stereocenters. The molecule has 32 heavy (non-hydrogen) atoms. The fourth-order valence-corrected chi connectivity index (χ4v) is 4.34. The number of carboxylic acid groups (broad SMARTS) is 1. The van der Waals surface area contributed by atoms with Crippen LogP contribution in [0.5, 0.6) is 0 Å². The van der Waals surface area contributed by atoms with Crippen LogP contribution in [-0.2, 0) is 11.3 Å². The second-order valence-electron chi connectivity index (χ2n) is 7.74. The first-order valence-electron chi connectivity index (χ1n) is 10.2. The van der Waals surface area contributed by atoms with Crippen molar-refractivity contribution in [3.05, 3.63) is 106 Å². The van der Waals surface area contributed by atoms with E-state index in [0.717, 1.165) is 27.1 Å². The lowest BCUT2D eigenvalue weighted by atomic mass is 9.92. The molecular weight excluding hydrogens is 422 g/mol. The lowest BCUT2D eigenvalue weighted by molar-refractivity contribution is -0.130. The van der Waals surface area contributed by atoms with Crippen molar-refractivity contribution in [2.75, 3.05) is 6.26 Å². The van der Waals surface area contributed by atoms with E-state index in [2.05, 4.69) is 0 Å². The molecule has 0 aliphatic carbocycles. The van der Waals surface area contributed by atoms with Gasteiger partial charge in [0.1, 0.15) is 0 Å². The predicted molar refractivity (Wildman–Crippen MR) is 126 cm³/mol. The number of aryl methyl sites for hydroxylation is 1. The minimum absolute atomic E-state index is 0.169. The zero-order chi connectivity index (χ0) is 22.8. The standard InChI is InChI=1S/C26H23NO4S/c1-16-3-7-18(8-4-16)22-23(19-9-11-20(12-10-19)26(30)31)27(25(29)24(22)28)15-17-5-13-21(32-2)14-6-17/h3-14,23,28H,15H2,1-2H3,(H,30,31)/t23-/m1/s1. The highest BCUT2D eigenvalue weighted by atomic mass is 32.2. The zero-order valence-corrected chi connectivity index (χ0v) is 18.6. The Balaban J connectivity index is 1.78. The maximum atomic E-state index is 13.2. The third kappa shape index (κ3) is 4.14. The first kappa shape index (κ1) is 21.7. The molecule has 1 amide bonds. The number of aliphatic hydroxyl groups excluding tert-OH is 1. The van der Waals surface area contributed by atoms with Gasteiger partial charge in [-0.3, -0.25) is 4.79 Å². The molecule has 1 aliphatic heterocycles. The molecule has 1 heterocycles. The SMILES string of the molecule is CSc1ccc(CN2C(=O)C(O)=C(c3ccc(C)cc3)[C@H]2c2ccc(C(=O)O)cc2)cc1. The van der Waals surface area contributed by atoms with E-state index < -0.39 is 17.9 Å². The Bertz CT molecular complexity index is 1180. The van der Waals surface area contributed by atoms with Crippen LogP contribution in [-0.4, -0.2) is 33.2 Å². The lowest BCUT2D eigenvalue weighted by Gasteiger charge is -2.27. The van der Waals surface area contributed by atoms with Crippen LogP contribution < -0.4 is 0 Å². The number of rotatable bonds is 6. The van der Waals surface area contributed by atoms with Crippen molar-refractivity contribution >= 4 is 29.2 Å². The summed E-state index contributed by atoms with van der Waals surface area (Å²) in [5, 5.41) is 20.1. The fourth-order valence-electron chi connectivity index (χ4n) is 3.93. The maximum absolute atomic E-state index is 13.2. The summed E-state index contributed by atoms with van der Waals surface area (Å²) in [6, 6.07) is 21.6. The van der Waals surface area contributed by atoms with Crippen molar-refractivity contribution < 1.29 is 19.8 Å². The Hall–Kier alpha value is -3.51. The molecule has 3 aromatic carbocycles. The van der Waals surface area contributed by atoms with Gasteiger partial charge in [-0.2, -0.15) is 0 Å². The van der Waals surface area contributed by atoms with Gasteiger partial charge in [0.25, 0.3) is 5.91 Å². The molecule has 0 bridgehead atoms. The summed E-state index contributed by atoms with van der Waals surface area (Å²) in [6.45, 7) is 2.29. The summed E-state index contributed by atoms with van der Waals surface area (Å²) in [7, 11) is 0. The number of aromatic carboxylic acids is 1. The number of amides is 1. The van der Waals surface area contributed by atoms with Crippen LogP contribution in [0.15, 0.2) is 83.5 Å². The molecule has 2 N–H and O–H groups in total. The van der Waals surface area contributed by atoms with Crippen LogP contribution >= 0.6 is 11.8 Å². The van der Waals surface area contributed by atoms with Crippen molar-refractivity contribution in [3.63, 3.8) is 0 Å². The first-order valence-corrected chi connectivity index (χ1v) is 11.4. The number of carboxylic acids is 1. The second kappa shape index (κ2) is 8.93. The summed E-state index contributed by atoms with van der Waals surface area (Å²) in [5.41, 5.74) is 4.21. The van der Waals surface area contributed by atoms with E-state index in [1.165, 1.54) is 12.1 Å². The molecule has 0 saturated carbocycles. The minimum atomic E-state index is -1.01. The van der Waals surface area contributed by atoms with Gasteiger partial charge in [-0.25, -0.2) is 4.79 Å². The summed E-state index contributed by atoms with van der Waals surface area (Å²) in [4.78, 5) is 27.2. The lowest BCUT2D eigenvalue weighted by Crippen LogP contribution is -2.29. The van der Waals surface area contributed by atoms with E-state index in [-0.39, 0.29) is 11.3 Å². The number of hydrogen-bond acceptors (Lipinski definition) is 4. The van der Waals surface area contributed by atoms with E-state index in [1.54, 1.807) is 28.8 Å². The smallest absolute Gasteiger partial charge is 0.335 e. The first-order chi connectivity index (χ1) is 15.4. The molecule has 0 unspecified atom stereocenters. The van der Waals surface area contributed by atoms with E-state index in [9.17, 15) is 19.8 Å². The van der Waals surface area contributed by atoms with E-state index in [4.69, 9.17) is 0 Å². The molecule has 5 nitrogen and oxygen atoms in total. The summed E-state index contributed by atoms with van der Waals surface area (Å²) in [6.07, 6.45) is 2.01. The van der Waals surface area contributed by atoms with Gasteiger partial charge in [0, 0.05) is 17.0 Å². The summed E-state index contributed by atoms with van der Waals surface area (Å²) in [5.74, 6) is -1.73. The Morgan fingerprint density at radius 1 is 0.969 bits per heavy atom. The highest BCUT2D eigenvalue weighted by molar-refractivity contribution is 7.98. The van der Waals surface area contributed by atoms with Gasteiger partial charge in [0.05, 0.1) is 11.6 Å². The van der Waals surface area contributed by atoms with Crippen LogP contribution in [0, 0.1) is 6.92 Å². The molecule has 0 aromatic heterocycles.